The Labute approximate surface area is 112 Å². The second-order valence-electron chi connectivity index (χ2n) is 2.97. The Morgan fingerprint density at radius 1 is 0.889 bits per heavy atom. The van der Waals surface area contributed by atoms with Crippen LogP contribution in [0.4, 0.5) is 0 Å². The van der Waals surface area contributed by atoms with Crippen LogP contribution >= 0.6 is 0 Å². The van der Waals surface area contributed by atoms with E-state index in [0.29, 0.717) is 12.8 Å². The van der Waals surface area contributed by atoms with Gasteiger partial charge < -0.3 is 9.59 Å². The Balaban J connectivity index is -0.0000000775. The topological polar surface area (TPSA) is 77.5 Å². The minimum absolute atomic E-state index is 0.221. The summed E-state index contributed by atoms with van der Waals surface area (Å²) in [6.07, 6.45) is 5.30. The number of carbonyl (C=O) groups is 2. The summed E-state index contributed by atoms with van der Waals surface area (Å²) in [4.78, 5) is 18.3. The molecule has 0 saturated carbocycles. The van der Waals surface area contributed by atoms with Gasteiger partial charge in [0.25, 0.3) is 10.1 Å². The molecule has 0 unspecified atom stereocenters. The van der Waals surface area contributed by atoms with E-state index >= 15 is 0 Å². The van der Waals surface area contributed by atoms with Crippen LogP contribution in [-0.4, -0.2) is 33.9 Å². The molecule has 0 aliphatic carbocycles. The van der Waals surface area contributed by atoms with Crippen LogP contribution in [0.25, 0.3) is 0 Å². The van der Waals surface area contributed by atoms with Gasteiger partial charge in [0.1, 0.15) is 12.6 Å². The summed E-state index contributed by atoms with van der Waals surface area (Å²) < 4.78 is 24.2. The summed E-state index contributed by atoms with van der Waals surface area (Å²) in [7, 11) is -3.17. The number of hydrogen-bond acceptors (Lipinski definition) is 5. The van der Waals surface area contributed by atoms with Crippen molar-refractivity contribution in [3.8, 4) is 0 Å². The molecule has 0 aromatic rings. The van der Waals surface area contributed by atoms with Gasteiger partial charge in [-0.3, -0.25) is 4.18 Å². The van der Waals surface area contributed by atoms with Gasteiger partial charge in [-0.25, -0.2) is 0 Å². The van der Waals surface area contributed by atoms with Crippen LogP contribution in [0, 0.1) is 0 Å². The van der Waals surface area contributed by atoms with Crippen LogP contribution in [0.5, 0.6) is 0 Å². The Hall–Kier alpha value is -0.750. The lowest BCUT2D eigenvalue weighted by molar-refractivity contribution is -0.108. The molecule has 0 aliphatic rings. The molecule has 0 fully saturated rings. The van der Waals surface area contributed by atoms with Crippen LogP contribution in [0.1, 0.15) is 53.9 Å². The number of carbonyl (C=O) groups excluding carboxylic acids is 2. The average Bonchev–Trinajstić information content (AvgIpc) is 2.29. The van der Waals surface area contributed by atoms with E-state index in [1.165, 1.54) is 6.42 Å². The maximum absolute atomic E-state index is 10.0. The largest absolute Gasteiger partial charge is 0.303 e. The van der Waals surface area contributed by atoms with E-state index in [9.17, 15) is 18.0 Å². The fourth-order valence-corrected chi connectivity index (χ4v) is 0.642. The van der Waals surface area contributed by atoms with Gasteiger partial charge >= 0.3 is 0 Å². The third-order valence-electron chi connectivity index (χ3n) is 0.665. The lowest BCUT2D eigenvalue weighted by Crippen LogP contribution is -2.00. The Morgan fingerprint density at radius 2 is 1.11 bits per heavy atom. The molecular weight excluding hydrogens is 256 g/mol. The van der Waals surface area contributed by atoms with Gasteiger partial charge in [0.05, 0.1) is 12.9 Å². The smallest absolute Gasteiger partial charge is 0.264 e. The molecule has 0 aromatic heterocycles. The van der Waals surface area contributed by atoms with E-state index in [2.05, 4.69) is 18.0 Å². The molecule has 0 N–H and O–H groups in total. The van der Waals surface area contributed by atoms with Gasteiger partial charge in [-0.05, 0) is 6.92 Å². The normalized spacial score (nSPS) is 8.33. The van der Waals surface area contributed by atoms with Crippen molar-refractivity contribution in [3.05, 3.63) is 0 Å². The molecule has 6 heteroatoms. The lowest BCUT2D eigenvalue weighted by Gasteiger charge is -1.90. The predicted octanol–water partition coefficient (Wildman–Crippen LogP) is 2.59. The van der Waals surface area contributed by atoms with Crippen molar-refractivity contribution in [2.24, 2.45) is 0 Å². The van der Waals surface area contributed by atoms with Gasteiger partial charge in [0, 0.05) is 12.8 Å². The molecule has 0 aliphatic heterocycles. The zero-order chi connectivity index (χ0) is 15.4. The van der Waals surface area contributed by atoms with Crippen LogP contribution in [-0.2, 0) is 23.9 Å². The van der Waals surface area contributed by atoms with Crippen LogP contribution in [0.3, 0.4) is 0 Å². The van der Waals surface area contributed by atoms with Crippen molar-refractivity contribution < 1.29 is 22.2 Å². The second kappa shape index (κ2) is 25.2. The SMILES string of the molecule is CCC.CCC=O.CCC=O.CCOS(C)(=O)=O. The van der Waals surface area contributed by atoms with Crippen LogP contribution in [0.15, 0.2) is 0 Å². The molecule has 0 radical (unpaired) electrons. The maximum Gasteiger partial charge on any atom is 0.264 e. The minimum Gasteiger partial charge on any atom is -0.303 e. The summed E-state index contributed by atoms with van der Waals surface area (Å²) in [5.74, 6) is 0. The standard InChI is InChI=1S/C3H8O3S.2C3H6O.C3H8/c1-3-6-7(2,4)5;2*1-2-3-4;1-3-2/h3H2,1-2H3;2*3H,2H2,1H3;3H2,1-2H3. The van der Waals surface area contributed by atoms with Gasteiger partial charge in [-0.1, -0.05) is 34.1 Å². The highest BCUT2D eigenvalue weighted by atomic mass is 32.2. The molecular formula is C12H28O5S. The maximum atomic E-state index is 10.0. The summed E-state index contributed by atoms with van der Waals surface area (Å²) in [5.41, 5.74) is 0. The molecule has 0 heterocycles. The molecule has 5 nitrogen and oxygen atoms in total. The fraction of sp³-hybridized carbons (Fsp3) is 0.833. The van der Waals surface area contributed by atoms with E-state index in [4.69, 9.17) is 0 Å². The van der Waals surface area contributed by atoms with E-state index in [0.717, 1.165) is 18.8 Å². The first kappa shape index (κ1) is 25.9. The Bertz CT molecular complexity index is 227. The van der Waals surface area contributed by atoms with Crippen molar-refractivity contribution in [1.82, 2.24) is 0 Å². The van der Waals surface area contributed by atoms with Gasteiger partial charge in [0.15, 0.2) is 0 Å². The molecule has 0 atom stereocenters. The quantitative estimate of drug-likeness (QED) is 0.585. The Kier molecular flexibility index (Phi) is 36.3. The van der Waals surface area contributed by atoms with Crippen molar-refractivity contribution in [3.63, 3.8) is 0 Å². The zero-order valence-corrected chi connectivity index (χ0v) is 13.2. The molecule has 18 heavy (non-hydrogen) atoms. The van der Waals surface area contributed by atoms with Crippen molar-refractivity contribution >= 4 is 22.7 Å². The number of hydrogen-bond donors (Lipinski definition) is 0. The molecule has 0 bridgehead atoms. The van der Waals surface area contributed by atoms with Gasteiger partial charge in [-0.15, -0.1) is 0 Å². The first-order chi connectivity index (χ1) is 8.30. The third-order valence-corrected chi connectivity index (χ3v) is 1.33. The number of rotatable bonds is 4. The molecule has 0 aromatic carbocycles. The minimum atomic E-state index is -3.17. The summed E-state index contributed by atoms with van der Waals surface area (Å²) >= 11 is 0. The van der Waals surface area contributed by atoms with E-state index in [1.807, 2.05) is 13.8 Å². The molecule has 0 rings (SSSR count). The van der Waals surface area contributed by atoms with E-state index in [1.54, 1.807) is 6.92 Å². The third kappa shape index (κ3) is 112. The average molecular weight is 284 g/mol. The molecule has 0 saturated heterocycles. The number of aldehydes is 2. The fourth-order valence-electron chi connectivity index (χ4n) is 0.214. The Morgan fingerprint density at radius 3 is 1.11 bits per heavy atom. The second-order valence-corrected chi connectivity index (χ2v) is 4.61. The molecule has 0 spiro atoms. The van der Waals surface area contributed by atoms with Gasteiger partial charge in [-0.2, -0.15) is 8.42 Å². The van der Waals surface area contributed by atoms with Crippen molar-refractivity contribution in [2.45, 2.75) is 53.9 Å². The first-order valence-electron chi connectivity index (χ1n) is 6.02. The highest BCUT2D eigenvalue weighted by molar-refractivity contribution is 7.85. The van der Waals surface area contributed by atoms with Crippen LogP contribution < -0.4 is 0 Å². The predicted molar refractivity (Wildman–Crippen MR) is 75.1 cm³/mol. The van der Waals surface area contributed by atoms with E-state index in [-0.39, 0.29) is 6.61 Å². The molecule has 0 amide bonds. The highest BCUT2D eigenvalue weighted by Crippen LogP contribution is 1.81. The monoisotopic (exact) mass is 284 g/mol. The highest BCUT2D eigenvalue weighted by Gasteiger charge is 1.94. The lowest BCUT2D eigenvalue weighted by atomic mass is 10.6. The summed E-state index contributed by atoms with van der Waals surface area (Å²) in [5, 5.41) is 0. The van der Waals surface area contributed by atoms with Crippen molar-refractivity contribution in [1.29, 1.82) is 0 Å². The van der Waals surface area contributed by atoms with E-state index < -0.39 is 10.1 Å². The van der Waals surface area contributed by atoms with Gasteiger partial charge in [0.2, 0.25) is 0 Å². The zero-order valence-electron chi connectivity index (χ0n) is 12.4. The summed E-state index contributed by atoms with van der Waals surface area (Å²) in [6.45, 7) is 9.72. The van der Waals surface area contributed by atoms with Crippen LogP contribution in [0.2, 0.25) is 0 Å². The molecule has 112 valence electrons. The first-order valence-corrected chi connectivity index (χ1v) is 7.84. The summed E-state index contributed by atoms with van der Waals surface area (Å²) in [6, 6.07) is 0. The van der Waals surface area contributed by atoms with Crippen molar-refractivity contribution in [2.75, 3.05) is 12.9 Å².